The maximum atomic E-state index is 5.86. The van der Waals surface area contributed by atoms with Gasteiger partial charge in [0.1, 0.15) is 5.03 Å². The zero-order valence-corrected chi connectivity index (χ0v) is 10.9. The predicted molar refractivity (Wildman–Crippen MR) is 74.1 cm³/mol. The van der Waals surface area contributed by atoms with Crippen LogP contribution in [0, 0.1) is 13.8 Å². The zero-order chi connectivity index (χ0) is 12.3. The quantitative estimate of drug-likeness (QED) is 0.839. The van der Waals surface area contributed by atoms with Crippen molar-refractivity contribution in [2.75, 3.05) is 5.73 Å². The van der Waals surface area contributed by atoms with Crippen molar-refractivity contribution < 1.29 is 0 Å². The van der Waals surface area contributed by atoms with E-state index in [0.29, 0.717) is 0 Å². The molecule has 1 aromatic heterocycles. The van der Waals surface area contributed by atoms with Crippen LogP contribution in [0.2, 0.25) is 0 Å². The molecule has 88 valence electrons. The van der Waals surface area contributed by atoms with Crippen LogP contribution >= 0.6 is 11.8 Å². The number of nitrogen functional groups attached to an aromatic ring is 1. The third-order valence-electron chi connectivity index (χ3n) is 2.75. The predicted octanol–water partition coefficient (Wildman–Crippen LogP) is 3.57. The Labute approximate surface area is 106 Å². The van der Waals surface area contributed by atoms with Crippen molar-refractivity contribution in [1.82, 2.24) is 4.98 Å². The lowest BCUT2D eigenvalue weighted by molar-refractivity contribution is 1.14. The first-order chi connectivity index (χ1) is 8.16. The number of pyridine rings is 1. The van der Waals surface area contributed by atoms with Gasteiger partial charge in [0.25, 0.3) is 0 Å². The lowest BCUT2D eigenvalue weighted by atomic mass is 10.1. The van der Waals surface area contributed by atoms with Gasteiger partial charge in [-0.05, 0) is 42.7 Å². The van der Waals surface area contributed by atoms with E-state index in [2.05, 4.69) is 37.0 Å². The molecule has 2 nitrogen and oxygen atoms in total. The molecule has 3 heteroatoms. The highest BCUT2D eigenvalue weighted by molar-refractivity contribution is 7.98. The van der Waals surface area contributed by atoms with Crippen molar-refractivity contribution in [3.8, 4) is 0 Å². The van der Waals surface area contributed by atoms with Gasteiger partial charge in [0.05, 0.1) is 5.69 Å². The van der Waals surface area contributed by atoms with E-state index in [9.17, 15) is 0 Å². The highest BCUT2D eigenvalue weighted by Gasteiger charge is 2.02. The van der Waals surface area contributed by atoms with Gasteiger partial charge in [-0.2, -0.15) is 0 Å². The van der Waals surface area contributed by atoms with Crippen molar-refractivity contribution >= 4 is 17.4 Å². The SMILES string of the molecule is Cc1ccc(CSc2ncccc2N)cc1C. The van der Waals surface area contributed by atoms with Gasteiger partial charge >= 0.3 is 0 Å². The summed E-state index contributed by atoms with van der Waals surface area (Å²) in [4.78, 5) is 4.27. The number of benzene rings is 1. The van der Waals surface area contributed by atoms with E-state index in [1.807, 2.05) is 12.1 Å². The number of nitrogens with zero attached hydrogens (tertiary/aromatic N) is 1. The highest BCUT2D eigenvalue weighted by Crippen LogP contribution is 2.26. The smallest absolute Gasteiger partial charge is 0.119 e. The van der Waals surface area contributed by atoms with Gasteiger partial charge in [0, 0.05) is 11.9 Å². The minimum atomic E-state index is 0.751. The third kappa shape index (κ3) is 3.01. The second kappa shape index (κ2) is 5.23. The standard InChI is InChI=1S/C14H16N2S/c1-10-5-6-12(8-11(10)2)9-17-14-13(15)4-3-7-16-14/h3-8H,9,15H2,1-2H3. The van der Waals surface area contributed by atoms with Gasteiger partial charge in [0.15, 0.2) is 0 Å². The molecule has 0 saturated carbocycles. The first-order valence-electron chi connectivity index (χ1n) is 5.56. The number of hydrogen-bond donors (Lipinski definition) is 1. The summed E-state index contributed by atoms with van der Waals surface area (Å²) < 4.78 is 0. The van der Waals surface area contributed by atoms with E-state index in [1.54, 1.807) is 18.0 Å². The molecule has 0 unspecified atom stereocenters. The molecule has 0 radical (unpaired) electrons. The normalized spacial score (nSPS) is 10.5. The monoisotopic (exact) mass is 244 g/mol. The fourth-order valence-corrected chi connectivity index (χ4v) is 2.42. The van der Waals surface area contributed by atoms with Gasteiger partial charge in [-0.3, -0.25) is 0 Å². The molecule has 1 aromatic carbocycles. The molecule has 0 aliphatic rings. The van der Waals surface area contributed by atoms with E-state index >= 15 is 0 Å². The average molecular weight is 244 g/mol. The van der Waals surface area contributed by atoms with Gasteiger partial charge in [-0.1, -0.05) is 30.0 Å². The number of aryl methyl sites for hydroxylation is 2. The lowest BCUT2D eigenvalue weighted by Gasteiger charge is -2.06. The van der Waals surface area contributed by atoms with E-state index in [0.717, 1.165) is 16.5 Å². The maximum absolute atomic E-state index is 5.86. The molecule has 2 aromatic rings. The van der Waals surface area contributed by atoms with Gasteiger partial charge in [0.2, 0.25) is 0 Å². The molecule has 0 amide bonds. The number of aromatic nitrogens is 1. The molecule has 0 fully saturated rings. The Bertz CT molecular complexity index is 523. The van der Waals surface area contributed by atoms with Gasteiger partial charge in [-0.15, -0.1) is 0 Å². The number of nitrogens with two attached hydrogens (primary N) is 1. The molecule has 0 aliphatic carbocycles. The first-order valence-corrected chi connectivity index (χ1v) is 6.55. The topological polar surface area (TPSA) is 38.9 Å². The van der Waals surface area contributed by atoms with Crippen molar-refractivity contribution in [2.45, 2.75) is 24.6 Å². The summed E-state index contributed by atoms with van der Waals surface area (Å²) in [7, 11) is 0. The van der Waals surface area contributed by atoms with Crippen molar-refractivity contribution in [3.63, 3.8) is 0 Å². The van der Waals surface area contributed by atoms with E-state index in [1.165, 1.54) is 16.7 Å². The van der Waals surface area contributed by atoms with Crippen LogP contribution in [0.3, 0.4) is 0 Å². The number of rotatable bonds is 3. The molecule has 17 heavy (non-hydrogen) atoms. The molecular formula is C14H16N2S. The minimum absolute atomic E-state index is 0.751. The van der Waals surface area contributed by atoms with E-state index < -0.39 is 0 Å². The molecular weight excluding hydrogens is 228 g/mol. The van der Waals surface area contributed by atoms with Crippen LogP contribution in [0.25, 0.3) is 0 Å². The summed E-state index contributed by atoms with van der Waals surface area (Å²) in [5.74, 6) is 0.905. The summed E-state index contributed by atoms with van der Waals surface area (Å²) >= 11 is 1.68. The Kier molecular flexibility index (Phi) is 3.69. The summed E-state index contributed by atoms with van der Waals surface area (Å²) in [6.45, 7) is 4.27. The van der Waals surface area contributed by atoms with Crippen molar-refractivity contribution in [2.24, 2.45) is 0 Å². The van der Waals surface area contributed by atoms with Crippen LogP contribution in [0.5, 0.6) is 0 Å². The zero-order valence-electron chi connectivity index (χ0n) is 10.1. The summed E-state index contributed by atoms with van der Waals surface area (Å²) in [6, 6.07) is 10.3. The summed E-state index contributed by atoms with van der Waals surface area (Å²) in [6.07, 6.45) is 1.78. The van der Waals surface area contributed by atoms with Crippen LogP contribution in [0.15, 0.2) is 41.6 Å². The molecule has 1 heterocycles. The molecule has 2 rings (SSSR count). The second-order valence-electron chi connectivity index (χ2n) is 4.11. The molecule has 0 saturated heterocycles. The highest BCUT2D eigenvalue weighted by atomic mass is 32.2. The number of anilines is 1. The number of hydrogen-bond acceptors (Lipinski definition) is 3. The first kappa shape index (κ1) is 12.0. The average Bonchev–Trinajstić information content (AvgIpc) is 2.32. The third-order valence-corrected chi connectivity index (χ3v) is 3.84. The Morgan fingerprint density at radius 1 is 1.18 bits per heavy atom. The van der Waals surface area contributed by atoms with Crippen LogP contribution in [-0.2, 0) is 5.75 Å². The van der Waals surface area contributed by atoms with Crippen molar-refractivity contribution in [3.05, 3.63) is 53.2 Å². The van der Waals surface area contributed by atoms with Crippen molar-refractivity contribution in [1.29, 1.82) is 0 Å². The van der Waals surface area contributed by atoms with Crippen LogP contribution in [0.4, 0.5) is 5.69 Å². The Hall–Kier alpha value is -1.48. The Morgan fingerprint density at radius 2 is 2.00 bits per heavy atom. The lowest BCUT2D eigenvalue weighted by Crippen LogP contribution is -1.92. The van der Waals surface area contributed by atoms with Gasteiger partial charge < -0.3 is 5.73 Å². The Morgan fingerprint density at radius 3 is 2.71 bits per heavy atom. The second-order valence-corrected chi connectivity index (χ2v) is 5.07. The number of thioether (sulfide) groups is 1. The van der Waals surface area contributed by atoms with E-state index in [4.69, 9.17) is 5.73 Å². The molecule has 0 bridgehead atoms. The van der Waals surface area contributed by atoms with Crippen LogP contribution in [-0.4, -0.2) is 4.98 Å². The summed E-state index contributed by atoms with van der Waals surface area (Å²) in [5.41, 5.74) is 10.6. The van der Waals surface area contributed by atoms with E-state index in [-0.39, 0.29) is 0 Å². The molecule has 0 spiro atoms. The minimum Gasteiger partial charge on any atom is -0.397 e. The van der Waals surface area contributed by atoms with Crippen LogP contribution in [0.1, 0.15) is 16.7 Å². The summed E-state index contributed by atoms with van der Waals surface area (Å²) in [5, 5.41) is 0.908. The largest absolute Gasteiger partial charge is 0.397 e. The molecule has 2 N–H and O–H groups in total. The maximum Gasteiger partial charge on any atom is 0.119 e. The van der Waals surface area contributed by atoms with Crippen LogP contribution < -0.4 is 5.73 Å². The molecule has 0 atom stereocenters. The fraction of sp³-hybridized carbons (Fsp3) is 0.214. The fourth-order valence-electron chi connectivity index (χ4n) is 1.57. The Balaban J connectivity index is 2.08. The molecule has 0 aliphatic heterocycles. The van der Waals surface area contributed by atoms with Gasteiger partial charge in [-0.25, -0.2) is 4.98 Å².